The van der Waals surface area contributed by atoms with Gasteiger partial charge in [0.05, 0.1) is 5.39 Å². The Kier molecular flexibility index (Phi) is 3.72. The molecular formula is C17H19FN4O3. The van der Waals surface area contributed by atoms with Crippen molar-refractivity contribution < 1.29 is 14.3 Å². The molecule has 1 aliphatic carbocycles. The summed E-state index contributed by atoms with van der Waals surface area (Å²) < 4.78 is 16.4. The zero-order chi connectivity index (χ0) is 17.7. The molecular weight excluding hydrogens is 327 g/mol. The molecule has 0 spiro atoms. The van der Waals surface area contributed by atoms with E-state index in [9.17, 15) is 19.1 Å². The Balaban J connectivity index is 1.92. The van der Waals surface area contributed by atoms with Crippen LogP contribution >= 0.6 is 0 Å². The Hall–Kier alpha value is -2.48. The minimum atomic E-state index is -1.31. The second-order valence-electron chi connectivity index (χ2n) is 6.83. The maximum absolute atomic E-state index is 14.7. The number of halogens is 1. The van der Waals surface area contributed by atoms with Gasteiger partial charge in [-0.25, -0.2) is 14.2 Å². The summed E-state index contributed by atoms with van der Waals surface area (Å²) >= 11 is 0. The van der Waals surface area contributed by atoms with E-state index in [1.165, 1.54) is 6.20 Å². The zero-order valence-electron chi connectivity index (χ0n) is 13.6. The number of piperidine rings is 1. The van der Waals surface area contributed by atoms with E-state index in [4.69, 9.17) is 5.73 Å². The molecule has 2 fully saturated rings. The number of hydrogen-bond acceptors (Lipinski definition) is 5. The number of anilines is 1. The van der Waals surface area contributed by atoms with Crippen molar-refractivity contribution in [2.75, 3.05) is 18.0 Å². The van der Waals surface area contributed by atoms with Gasteiger partial charge in [0.2, 0.25) is 5.43 Å². The molecule has 132 valence electrons. The van der Waals surface area contributed by atoms with Crippen LogP contribution in [-0.2, 0) is 0 Å². The maximum atomic E-state index is 14.7. The minimum Gasteiger partial charge on any atom is -0.477 e. The predicted molar refractivity (Wildman–Crippen MR) is 90.6 cm³/mol. The molecule has 0 unspecified atom stereocenters. The van der Waals surface area contributed by atoms with E-state index in [-0.39, 0.29) is 28.9 Å². The van der Waals surface area contributed by atoms with E-state index in [2.05, 4.69) is 4.98 Å². The summed E-state index contributed by atoms with van der Waals surface area (Å²) in [6, 6.07) is 1.19. The van der Waals surface area contributed by atoms with E-state index in [1.807, 2.05) is 0 Å². The van der Waals surface area contributed by atoms with Gasteiger partial charge in [0, 0.05) is 31.4 Å². The van der Waals surface area contributed by atoms with E-state index in [0.29, 0.717) is 18.7 Å². The fourth-order valence-electron chi connectivity index (χ4n) is 3.45. The van der Waals surface area contributed by atoms with Crippen LogP contribution in [0.25, 0.3) is 11.0 Å². The number of hydrogen-bond donors (Lipinski definition) is 2. The molecule has 3 N–H and O–H groups in total. The minimum absolute atomic E-state index is 0.00866. The number of rotatable bonds is 3. The topological polar surface area (TPSA) is 101 Å². The van der Waals surface area contributed by atoms with Crippen molar-refractivity contribution in [2.24, 2.45) is 5.73 Å². The highest BCUT2D eigenvalue weighted by atomic mass is 19.1. The van der Waals surface area contributed by atoms with Gasteiger partial charge in [-0.1, -0.05) is 0 Å². The SMILES string of the molecule is N[C@H]1CCCN(c2nc3c(cc2F)c(=O)c(C(=O)O)cn3C2CC2)C1. The van der Waals surface area contributed by atoms with Gasteiger partial charge >= 0.3 is 5.97 Å². The number of carboxylic acid groups (broad SMARTS) is 1. The van der Waals surface area contributed by atoms with E-state index >= 15 is 0 Å². The second-order valence-corrected chi connectivity index (χ2v) is 6.83. The Morgan fingerprint density at radius 2 is 2.12 bits per heavy atom. The van der Waals surface area contributed by atoms with E-state index in [0.717, 1.165) is 31.7 Å². The van der Waals surface area contributed by atoms with Gasteiger partial charge in [-0.3, -0.25) is 4.79 Å². The molecule has 8 heteroatoms. The van der Waals surface area contributed by atoms with Crippen molar-refractivity contribution in [1.82, 2.24) is 9.55 Å². The number of nitrogens with two attached hydrogens (primary N) is 1. The first-order valence-electron chi connectivity index (χ1n) is 8.45. The van der Waals surface area contributed by atoms with Crippen molar-refractivity contribution in [3.63, 3.8) is 0 Å². The summed E-state index contributed by atoms with van der Waals surface area (Å²) in [7, 11) is 0. The van der Waals surface area contributed by atoms with Gasteiger partial charge in [0.15, 0.2) is 11.6 Å². The summed E-state index contributed by atoms with van der Waals surface area (Å²) in [5, 5.41) is 9.27. The molecule has 25 heavy (non-hydrogen) atoms. The fraction of sp³-hybridized carbons (Fsp3) is 0.471. The molecule has 2 aliphatic rings. The average molecular weight is 346 g/mol. The monoisotopic (exact) mass is 346 g/mol. The quantitative estimate of drug-likeness (QED) is 0.873. The lowest BCUT2D eigenvalue weighted by Gasteiger charge is -2.32. The highest BCUT2D eigenvalue weighted by Gasteiger charge is 2.29. The second kappa shape index (κ2) is 5.80. The Morgan fingerprint density at radius 3 is 2.76 bits per heavy atom. The lowest BCUT2D eigenvalue weighted by Crippen LogP contribution is -2.43. The van der Waals surface area contributed by atoms with Crippen LogP contribution in [-0.4, -0.2) is 39.8 Å². The Labute approximate surface area is 142 Å². The van der Waals surface area contributed by atoms with Crippen molar-refractivity contribution in [2.45, 2.75) is 37.8 Å². The summed E-state index contributed by atoms with van der Waals surface area (Å²) in [4.78, 5) is 30.0. The first kappa shape index (κ1) is 16.0. The van der Waals surface area contributed by atoms with Crippen LogP contribution in [0.4, 0.5) is 10.2 Å². The number of aromatic nitrogens is 2. The molecule has 1 atom stereocenters. The van der Waals surface area contributed by atoms with Crippen LogP contribution in [0.1, 0.15) is 42.1 Å². The molecule has 1 saturated heterocycles. The van der Waals surface area contributed by atoms with Gasteiger partial charge in [-0.2, -0.15) is 0 Å². The molecule has 7 nitrogen and oxygen atoms in total. The number of nitrogens with zero attached hydrogens (tertiary/aromatic N) is 3. The van der Waals surface area contributed by atoms with Crippen LogP contribution in [0.15, 0.2) is 17.1 Å². The van der Waals surface area contributed by atoms with Crippen LogP contribution in [0.2, 0.25) is 0 Å². The van der Waals surface area contributed by atoms with E-state index in [1.54, 1.807) is 9.47 Å². The molecule has 0 aromatic carbocycles. The summed E-state index contributed by atoms with van der Waals surface area (Å²) in [5.74, 6) is -1.75. The first-order chi connectivity index (χ1) is 12.0. The van der Waals surface area contributed by atoms with Crippen molar-refractivity contribution in [3.8, 4) is 0 Å². The number of aromatic carboxylic acids is 1. The Morgan fingerprint density at radius 1 is 1.36 bits per heavy atom. The summed E-state index contributed by atoms with van der Waals surface area (Å²) in [6.07, 6.45) is 4.86. The molecule has 1 aliphatic heterocycles. The third-order valence-electron chi connectivity index (χ3n) is 4.87. The third-order valence-corrected chi connectivity index (χ3v) is 4.87. The van der Waals surface area contributed by atoms with Crippen LogP contribution in [0, 0.1) is 5.82 Å². The van der Waals surface area contributed by atoms with Gasteiger partial charge in [-0.05, 0) is 31.7 Å². The van der Waals surface area contributed by atoms with Crippen molar-refractivity contribution in [3.05, 3.63) is 33.9 Å². The molecule has 0 amide bonds. The average Bonchev–Trinajstić information content (AvgIpc) is 3.39. The van der Waals surface area contributed by atoms with E-state index < -0.39 is 17.2 Å². The van der Waals surface area contributed by atoms with Gasteiger partial charge in [0.1, 0.15) is 11.2 Å². The molecule has 2 aromatic heterocycles. The summed E-state index contributed by atoms with van der Waals surface area (Å²) in [6.45, 7) is 1.17. The zero-order valence-corrected chi connectivity index (χ0v) is 13.6. The maximum Gasteiger partial charge on any atom is 0.341 e. The van der Waals surface area contributed by atoms with Crippen molar-refractivity contribution in [1.29, 1.82) is 0 Å². The van der Waals surface area contributed by atoms with Gasteiger partial charge in [0.25, 0.3) is 0 Å². The molecule has 0 radical (unpaired) electrons. The number of carbonyl (C=O) groups is 1. The molecule has 0 bridgehead atoms. The number of fused-ring (bicyclic) bond motifs is 1. The molecule has 2 aromatic rings. The highest BCUT2D eigenvalue weighted by Crippen LogP contribution is 2.37. The number of carboxylic acids is 1. The lowest BCUT2D eigenvalue weighted by molar-refractivity contribution is 0.0695. The van der Waals surface area contributed by atoms with Crippen LogP contribution in [0.5, 0.6) is 0 Å². The van der Waals surface area contributed by atoms with Crippen LogP contribution < -0.4 is 16.1 Å². The molecule has 4 rings (SSSR count). The standard InChI is InChI=1S/C17H19FN4O3/c18-13-6-11-14(23)12(17(24)25)8-22(10-3-4-10)15(11)20-16(13)21-5-1-2-9(19)7-21/h6,8-10H,1-5,7,19H2,(H,24,25)/t9-/m0/s1. The number of pyridine rings is 2. The smallest absolute Gasteiger partial charge is 0.341 e. The molecule has 3 heterocycles. The lowest BCUT2D eigenvalue weighted by atomic mass is 10.1. The first-order valence-corrected chi connectivity index (χ1v) is 8.45. The van der Waals surface area contributed by atoms with Gasteiger partial charge in [-0.15, -0.1) is 0 Å². The largest absolute Gasteiger partial charge is 0.477 e. The third kappa shape index (κ3) is 2.76. The highest BCUT2D eigenvalue weighted by molar-refractivity contribution is 5.92. The van der Waals surface area contributed by atoms with Gasteiger partial charge < -0.3 is 20.3 Å². The molecule has 1 saturated carbocycles. The summed E-state index contributed by atoms with van der Waals surface area (Å²) in [5.41, 5.74) is 5.26. The predicted octanol–water partition coefficient (Wildman–Crippen LogP) is 1.50. The Bertz CT molecular complexity index is 922. The fourth-order valence-corrected chi connectivity index (χ4v) is 3.45. The normalized spacial score (nSPS) is 20.9. The van der Waals surface area contributed by atoms with Crippen LogP contribution in [0.3, 0.4) is 0 Å². The van der Waals surface area contributed by atoms with Crippen molar-refractivity contribution >= 4 is 22.8 Å².